The second-order valence-corrected chi connectivity index (χ2v) is 5.10. The van der Waals surface area contributed by atoms with Crippen LogP contribution in [0.5, 0.6) is 11.5 Å². The molecule has 0 aliphatic carbocycles. The van der Waals surface area contributed by atoms with Gasteiger partial charge in [-0.15, -0.1) is 0 Å². The number of aromatic nitrogens is 1. The number of likely N-dealkylation sites (N-methyl/N-ethyl adjacent to an activating group) is 1. The Morgan fingerprint density at radius 1 is 1.12 bits per heavy atom. The number of benzene rings is 1. The molecule has 10 heteroatoms. The van der Waals surface area contributed by atoms with Gasteiger partial charge in [0.05, 0.1) is 12.1 Å². The van der Waals surface area contributed by atoms with Gasteiger partial charge < -0.3 is 14.4 Å². The number of anilines is 1. The Balaban J connectivity index is 1.94. The molecule has 1 aromatic heterocycles. The second-order valence-electron chi connectivity index (χ2n) is 5.10. The third-order valence-electron chi connectivity index (χ3n) is 3.48. The summed E-state index contributed by atoms with van der Waals surface area (Å²) in [6.45, 7) is 0.885. The van der Waals surface area contributed by atoms with Crippen LogP contribution in [0.1, 0.15) is 10.4 Å². The maximum atomic E-state index is 13.6. The van der Waals surface area contributed by atoms with Gasteiger partial charge in [0.2, 0.25) is 34.8 Å². The largest absolute Gasteiger partial charge is 0.488 e. The van der Waals surface area contributed by atoms with E-state index >= 15 is 0 Å². The zero-order valence-corrected chi connectivity index (χ0v) is 12.6. The standard InChI is InChI=1S/C15H9F5N2O3/c1-22-2-3-24-7-4-6(5-21-14(7)22)15(23)25-13-11(19)9(17)8(16)10(18)12(13)20/h4-5H,2-3H2,1H3. The lowest BCUT2D eigenvalue weighted by atomic mass is 10.2. The van der Waals surface area contributed by atoms with Crippen LogP contribution in [0, 0.1) is 29.1 Å². The third-order valence-corrected chi connectivity index (χ3v) is 3.48. The number of pyridine rings is 1. The summed E-state index contributed by atoms with van der Waals surface area (Å²) in [5, 5.41) is 0. The first-order valence-electron chi connectivity index (χ1n) is 6.88. The van der Waals surface area contributed by atoms with Crippen molar-refractivity contribution in [3.8, 4) is 11.5 Å². The van der Waals surface area contributed by atoms with E-state index in [1.54, 1.807) is 11.9 Å². The molecule has 0 amide bonds. The normalized spacial score (nSPS) is 13.3. The van der Waals surface area contributed by atoms with Crippen LogP contribution in [0.15, 0.2) is 12.3 Å². The van der Waals surface area contributed by atoms with E-state index in [-0.39, 0.29) is 11.3 Å². The minimum atomic E-state index is -2.35. The number of hydrogen-bond donors (Lipinski definition) is 0. The summed E-state index contributed by atoms with van der Waals surface area (Å²) in [6, 6.07) is 1.20. The van der Waals surface area contributed by atoms with Gasteiger partial charge in [-0.05, 0) is 0 Å². The fourth-order valence-corrected chi connectivity index (χ4v) is 2.17. The molecule has 0 fully saturated rings. The number of nitrogens with zero attached hydrogens (tertiary/aromatic N) is 2. The number of esters is 1. The van der Waals surface area contributed by atoms with Crippen LogP contribution in [-0.4, -0.2) is 31.2 Å². The highest BCUT2D eigenvalue weighted by Crippen LogP contribution is 2.31. The van der Waals surface area contributed by atoms with Crippen LogP contribution in [0.4, 0.5) is 27.8 Å². The van der Waals surface area contributed by atoms with Crippen molar-refractivity contribution in [3.05, 3.63) is 46.9 Å². The molecule has 5 nitrogen and oxygen atoms in total. The van der Waals surface area contributed by atoms with Gasteiger partial charge in [-0.1, -0.05) is 0 Å². The minimum Gasteiger partial charge on any atom is -0.488 e. The van der Waals surface area contributed by atoms with Crippen LogP contribution in [0.25, 0.3) is 0 Å². The zero-order chi connectivity index (χ0) is 18.3. The number of fused-ring (bicyclic) bond motifs is 1. The molecule has 0 N–H and O–H groups in total. The molecule has 2 aromatic rings. The zero-order valence-electron chi connectivity index (χ0n) is 12.6. The van der Waals surface area contributed by atoms with E-state index < -0.39 is 40.8 Å². The van der Waals surface area contributed by atoms with Gasteiger partial charge >= 0.3 is 5.97 Å². The molecule has 25 heavy (non-hydrogen) atoms. The Kier molecular flexibility index (Phi) is 4.19. The highest BCUT2D eigenvalue weighted by Gasteiger charge is 2.29. The molecule has 132 valence electrons. The van der Waals surface area contributed by atoms with Crippen LogP contribution in [-0.2, 0) is 0 Å². The van der Waals surface area contributed by atoms with Gasteiger partial charge in [0.25, 0.3) is 0 Å². The maximum absolute atomic E-state index is 13.6. The number of carbonyl (C=O) groups is 1. The van der Waals surface area contributed by atoms with Crippen LogP contribution in [0.2, 0.25) is 0 Å². The predicted octanol–water partition coefficient (Wildman–Crippen LogP) is 2.82. The molecule has 0 atom stereocenters. The Morgan fingerprint density at radius 3 is 2.36 bits per heavy atom. The predicted molar refractivity (Wildman–Crippen MR) is 74.2 cm³/mol. The summed E-state index contributed by atoms with van der Waals surface area (Å²) in [6.07, 6.45) is 1.04. The van der Waals surface area contributed by atoms with Crippen molar-refractivity contribution < 1.29 is 36.2 Å². The Hall–Kier alpha value is -2.91. The average molecular weight is 360 g/mol. The second kappa shape index (κ2) is 6.19. The Morgan fingerprint density at radius 2 is 1.72 bits per heavy atom. The first-order chi connectivity index (χ1) is 11.8. The summed E-state index contributed by atoms with van der Waals surface area (Å²) in [7, 11) is 1.74. The van der Waals surface area contributed by atoms with E-state index in [4.69, 9.17) is 4.74 Å². The van der Waals surface area contributed by atoms with E-state index in [1.165, 1.54) is 6.07 Å². The van der Waals surface area contributed by atoms with Crippen molar-refractivity contribution in [1.82, 2.24) is 4.98 Å². The van der Waals surface area contributed by atoms with E-state index in [0.717, 1.165) is 6.20 Å². The smallest absolute Gasteiger partial charge is 0.345 e. The molecule has 0 bridgehead atoms. The summed E-state index contributed by atoms with van der Waals surface area (Å²) >= 11 is 0. The molecular formula is C15H9F5N2O3. The SMILES string of the molecule is CN1CCOc2cc(C(=O)Oc3c(F)c(F)c(F)c(F)c3F)cnc21. The highest BCUT2D eigenvalue weighted by molar-refractivity contribution is 5.91. The first kappa shape index (κ1) is 16.9. The monoisotopic (exact) mass is 360 g/mol. The quantitative estimate of drug-likeness (QED) is 0.271. The summed E-state index contributed by atoms with van der Waals surface area (Å²) in [5.41, 5.74) is -0.280. The Labute approximate surface area is 137 Å². The van der Waals surface area contributed by atoms with Crippen LogP contribution < -0.4 is 14.4 Å². The summed E-state index contributed by atoms with van der Waals surface area (Å²) in [4.78, 5) is 17.7. The van der Waals surface area contributed by atoms with Crippen molar-refractivity contribution in [2.75, 3.05) is 25.1 Å². The number of halogens is 5. The number of rotatable bonds is 2. The third kappa shape index (κ3) is 2.83. The van der Waals surface area contributed by atoms with Crippen LogP contribution >= 0.6 is 0 Å². The molecule has 1 aliphatic heterocycles. The molecule has 0 unspecified atom stereocenters. The van der Waals surface area contributed by atoms with Crippen molar-refractivity contribution >= 4 is 11.8 Å². The topological polar surface area (TPSA) is 51.7 Å². The van der Waals surface area contributed by atoms with E-state index in [1.807, 2.05) is 0 Å². The van der Waals surface area contributed by atoms with Gasteiger partial charge in [0.15, 0.2) is 11.6 Å². The fraction of sp³-hybridized carbons (Fsp3) is 0.200. The molecule has 2 heterocycles. The van der Waals surface area contributed by atoms with E-state index in [0.29, 0.717) is 19.0 Å². The minimum absolute atomic E-state index is 0.223. The maximum Gasteiger partial charge on any atom is 0.345 e. The number of hydrogen-bond acceptors (Lipinski definition) is 5. The van der Waals surface area contributed by atoms with Gasteiger partial charge in [-0.2, -0.15) is 8.78 Å². The molecule has 1 aromatic carbocycles. The molecule has 0 saturated carbocycles. The van der Waals surface area contributed by atoms with Gasteiger partial charge in [0, 0.05) is 19.3 Å². The van der Waals surface area contributed by atoms with E-state index in [9.17, 15) is 26.7 Å². The van der Waals surface area contributed by atoms with Crippen molar-refractivity contribution in [1.29, 1.82) is 0 Å². The molecule has 0 spiro atoms. The highest BCUT2D eigenvalue weighted by atomic mass is 19.2. The van der Waals surface area contributed by atoms with Crippen molar-refractivity contribution in [2.24, 2.45) is 0 Å². The van der Waals surface area contributed by atoms with Gasteiger partial charge in [-0.25, -0.2) is 22.9 Å². The molecule has 1 aliphatic rings. The molecule has 0 radical (unpaired) electrons. The Bertz CT molecular complexity index is 846. The van der Waals surface area contributed by atoms with Crippen molar-refractivity contribution in [2.45, 2.75) is 0 Å². The van der Waals surface area contributed by atoms with Crippen LogP contribution in [0.3, 0.4) is 0 Å². The summed E-state index contributed by atoms with van der Waals surface area (Å²) in [5.74, 6) is -13.6. The average Bonchev–Trinajstić information content (AvgIpc) is 2.61. The number of carbonyl (C=O) groups excluding carboxylic acids is 1. The fourth-order valence-electron chi connectivity index (χ4n) is 2.17. The number of ether oxygens (including phenoxy) is 2. The first-order valence-corrected chi connectivity index (χ1v) is 6.88. The van der Waals surface area contributed by atoms with Crippen molar-refractivity contribution in [3.63, 3.8) is 0 Å². The molecular weight excluding hydrogens is 351 g/mol. The van der Waals surface area contributed by atoms with E-state index in [2.05, 4.69) is 9.72 Å². The van der Waals surface area contributed by atoms with Gasteiger partial charge in [-0.3, -0.25) is 0 Å². The molecule has 3 rings (SSSR count). The summed E-state index contributed by atoms with van der Waals surface area (Å²) < 4.78 is 76.0. The lowest BCUT2D eigenvalue weighted by molar-refractivity contribution is 0.0715. The van der Waals surface area contributed by atoms with Gasteiger partial charge in [0.1, 0.15) is 6.61 Å². The lowest BCUT2D eigenvalue weighted by Crippen LogP contribution is -2.30. The molecule has 0 saturated heterocycles. The lowest BCUT2D eigenvalue weighted by Gasteiger charge is -2.26.